The van der Waals surface area contributed by atoms with Crippen LogP contribution in [0.4, 0.5) is 10.1 Å². The average molecular weight is 325 g/mol. The maximum absolute atomic E-state index is 12.9. The molecule has 0 fully saturated rings. The summed E-state index contributed by atoms with van der Waals surface area (Å²) >= 11 is 4.82. The Morgan fingerprint density at radius 2 is 1.90 bits per heavy atom. The minimum atomic E-state index is -3.90. The van der Waals surface area contributed by atoms with E-state index >= 15 is 0 Å². The molecule has 0 amide bonds. The fraction of sp³-hybridized carbons (Fsp3) is 0.0769. The summed E-state index contributed by atoms with van der Waals surface area (Å²) in [6.07, 6.45) is 1.41. The van der Waals surface area contributed by atoms with Crippen molar-refractivity contribution >= 4 is 32.9 Å². The van der Waals surface area contributed by atoms with Crippen LogP contribution in [0.1, 0.15) is 5.69 Å². The Morgan fingerprint density at radius 1 is 1.29 bits per heavy atom. The number of hydrogen-bond donors (Lipinski definition) is 1. The minimum absolute atomic E-state index is 0.0291. The molecule has 0 bridgehead atoms. The van der Waals surface area contributed by atoms with Gasteiger partial charge >= 0.3 is 0 Å². The van der Waals surface area contributed by atoms with Gasteiger partial charge in [-0.2, -0.15) is 0 Å². The maximum atomic E-state index is 12.9. The van der Waals surface area contributed by atoms with E-state index in [1.807, 2.05) is 0 Å². The molecule has 0 radical (unpaired) electrons. The number of nitrogens with zero attached hydrogens (tertiary/aromatic N) is 2. The molecule has 8 heteroatoms. The van der Waals surface area contributed by atoms with Crippen molar-refractivity contribution in [1.29, 1.82) is 0 Å². The molecular weight excluding hydrogens is 313 g/mol. The van der Waals surface area contributed by atoms with E-state index in [4.69, 9.17) is 18.0 Å². The lowest BCUT2D eigenvalue weighted by Gasteiger charge is -2.20. The predicted octanol–water partition coefficient (Wildman–Crippen LogP) is 1.68. The van der Waals surface area contributed by atoms with E-state index in [9.17, 15) is 12.8 Å². The van der Waals surface area contributed by atoms with Crippen LogP contribution in [0.15, 0.2) is 47.5 Å². The van der Waals surface area contributed by atoms with Crippen LogP contribution in [0.2, 0.25) is 0 Å². The zero-order valence-corrected chi connectivity index (χ0v) is 12.7. The molecule has 21 heavy (non-hydrogen) atoms. The maximum Gasteiger partial charge on any atom is 0.266 e. The third kappa shape index (κ3) is 3.01. The summed E-state index contributed by atoms with van der Waals surface area (Å²) in [5.74, 6) is -0.449. The highest BCUT2D eigenvalue weighted by molar-refractivity contribution is 7.93. The van der Waals surface area contributed by atoms with E-state index in [2.05, 4.69) is 4.98 Å². The quantitative estimate of drug-likeness (QED) is 0.866. The van der Waals surface area contributed by atoms with Crippen LogP contribution in [0.5, 0.6) is 0 Å². The number of sulfonamides is 1. The molecule has 1 heterocycles. The molecule has 1 aromatic heterocycles. The normalized spacial score (nSPS) is 11.1. The van der Waals surface area contributed by atoms with Gasteiger partial charge in [0.05, 0.1) is 5.69 Å². The van der Waals surface area contributed by atoms with Crippen molar-refractivity contribution < 1.29 is 12.8 Å². The Labute approximate surface area is 127 Å². The van der Waals surface area contributed by atoms with Gasteiger partial charge in [0.2, 0.25) is 0 Å². The average Bonchev–Trinajstić information content (AvgIpc) is 2.47. The number of rotatable bonds is 4. The molecule has 0 aliphatic carbocycles. The standard InChI is InChI=1S/C13H12FN3O2S2/c1-17(10-6-4-9(14)5-7-10)21(18,19)11-3-2-8-16-12(11)13(15)20/h2-8H,1H3,(H2,15,20). The summed E-state index contributed by atoms with van der Waals surface area (Å²) in [6, 6.07) is 7.94. The Hall–Kier alpha value is -2.06. The summed E-state index contributed by atoms with van der Waals surface area (Å²) in [5, 5.41) is 0. The van der Waals surface area contributed by atoms with E-state index < -0.39 is 15.8 Å². The fourth-order valence-electron chi connectivity index (χ4n) is 1.72. The highest BCUT2D eigenvalue weighted by Gasteiger charge is 2.25. The lowest BCUT2D eigenvalue weighted by atomic mass is 10.3. The topological polar surface area (TPSA) is 76.3 Å². The molecule has 0 spiro atoms. The van der Waals surface area contributed by atoms with Gasteiger partial charge in [0.1, 0.15) is 21.4 Å². The third-order valence-corrected chi connectivity index (χ3v) is 4.84. The molecule has 1 aromatic carbocycles. The Morgan fingerprint density at radius 3 is 2.48 bits per heavy atom. The molecular formula is C13H12FN3O2S2. The lowest BCUT2D eigenvalue weighted by Crippen LogP contribution is -2.29. The summed E-state index contributed by atoms with van der Waals surface area (Å²) in [4.78, 5) is 3.70. The van der Waals surface area contributed by atoms with Crippen LogP contribution in [-0.4, -0.2) is 25.4 Å². The van der Waals surface area contributed by atoms with Gasteiger partial charge in [0.25, 0.3) is 10.0 Å². The number of nitrogens with two attached hydrogens (primary N) is 1. The molecule has 0 saturated heterocycles. The number of halogens is 1. The molecule has 110 valence electrons. The van der Waals surface area contributed by atoms with Crippen molar-refractivity contribution in [3.8, 4) is 0 Å². The van der Waals surface area contributed by atoms with E-state index in [0.29, 0.717) is 5.69 Å². The number of hydrogen-bond acceptors (Lipinski definition) is 4. The Bertz CT molecular complexity index is 776. The van der Waals surface area contributed by atoms with Gasteiger partial charge in [-0.15, -0.1) is 0 Å². The zero-order chi connectivity index (χ0) is 15.6. The number of thiocarbonyl (C=S) groups is 1. The van der Waals surface area contributed by atoms with Crippen LogP contribution in [0, 0.1) is 5.82 Å². The van der Waals surface area contributed by atoms with Crippen LogP contribution in [-0.2, 0) is 10.0 Å². The van der Waals surface area contributed by atoms with Crippen molar-refractivity contribution in [2.75, 3.05) is 11.4 Å². The van der Waals surface area contributed by atoms with E-state index in [1.165, 1.54) is 49.6 Å². The van der Waals surface area contributed by atoms with E-state index in [-0.39, 0.29) is 15.6 Å². The molecule has 0 unspecified atom stereocenters. The second kappa shape index (κ2) is 5.74. The zero-order valence-electron chi connectivity index (χ0n) is 11.0. The highest BCUT2D eigenvalue weighted by Crippen LogP contribution is 2.23. The Kier molecular flexibility index (Phi) is 4.19. The smallest absolute Gasteiger partial charge is 0.266 e. The summed E-state index contributed by atoms with van der Waals surface area (Å²) in [6.45, 7) is 0. The van der Waals surface area contributed by atoms with Crippen molar-refractivity contribution in [2.24, 2.45) is 5.73 Å². The first kappa shape index (κ1) is 15.3. The lowest BCUT2D eigenvalue weighted by molar-refractivity contribution is 0.593. The third-order valence-electron chi connectivity index (χ3n) is 2.83. The van der Waals surface area contributed by atoms with Crippen LogP contribution >= 0.6 is 12.2 Å². The molecule has 0 aliphatic heterocycles. The predicted molar refractivity (Wildman–Crippen MR) is 82.1 cm³/mol. The van der Waals surface area contributed by atoms with Gasteiger partial charge in [-0.25, -0.2) is 12.8 Å². The largest absolute Gasteiger partial charge is 0.388 e. The van der Waals surface area contributed by atoms with Crippen molar-refractivity contribution in [2.45, 2.75) is 4.90 Å². The first-order valence-corrected chi connectivity index (χ1v) is 7.68. The van der Waals surface area contributed by atoms with Gasteiger partial charge in [-0.05, 0) is 36.4 Å². The summed E-state index contributed by atoms with van der Waals surface area (Å²) in [7, 11) is -2.54. The van der Waals surface area contributed by atoms with Gasteiger partial charge in [-0.3, -0.25) is 9.29 Å². The molecule has 0 aliphatic rings. The molecule has 5 nitrogen and oxygen atoms in total. The van der Waals surface area contributed by atoms with Gasteiger partial charge in [-0.1, -0.05) is 12.2 Å². The fourth-order valence-corrected chi connectivity index (χ4v) is 3.30. The highest BCUT2D eigenvalue weighted by atomic mass is 32.2. The van der Waals surface area contributed by atoms with Gasteiger partial charge in [0.15, 0.2) is 0 Å². The second-order valence-electron chi connectivity index (χ2n) is 4.16. The SMILES string of the molecule is CN(c1ccc(F)cc1)S(=O)(=O)c1cccnc1C(N)=S. The van der Waals surface area contributed by atoms with E-state index in [1.54, 1.807) is 0 Å². The van der Waals surface area contributed by atoms with Gasteiger partial charge < -0.3 is 5.73 Å². The van der Waals surface area contributed by atoms with Crippen LogP contribution < -0.4 is 10.0 Å². The summed E-state index contributed by atoms with van der Waals surface area (Å²) in [5.41, 5.74) is 5.85. The summed E-state index contributed by atoms with van der Waals surface area (Å²) < 4.78 is 39.2. The molecule has 0 saturated carbocycles. The molecule has 2 rings (SSSR count). The van der Waals surface area contributed by atoms with Crippen LogP contribution in [0.3, 0.4) is 0 Å². The van der Waals surface area contributed by atoms with Crippen LogP contribution in [0.25, 0.3) is 0 Å². The first-order chi connectivity index (χ1) is 9.84. The molecule has 2 N–H and O–H groups in total. The number of benzene rings is 1. The molecule has 0 atom stereocenters. The van der Waals surface area contributed by atoms with Crippen molar-refractivity contribution in [3.05, 3.63) is 54.1 Å². The van der Waals surface area contributed by atoms with Crippen molar-refractivity contribution in [3.63, 3.8) is 0 Å². The minimum Gasteiger partial charge on any atom is -0.388 e. The van der Waals surface area contributed by atoms with E-state index in [0.717, 1.165) is 4.31 Å². The number of anilines is 1. The van der Waals surface area contributed by atoms with Gasteiger partial charge in [0, 0.05) is 13.2 Å². The van der Waals surface area contributed by atoms with Crippen molar-refractivity contribution in [1.82, 2.24) is 4.98 Å². The Balaban J connectivity index is 2.52. The monoisotopic (exact) mass is 325 g/mol. The number of pyridine rings is 1. The number of aromatic nitrogens is 1. The first-order valence-electron chi connectivity index (χ1n) is 5.83. The second-order valence-corrected chi connectivity index (χ2v) is 6.54. The molecule has 2 aromatic rings.